The fourth-order valence-corrected chi connectivity index (χ4v) is 6.17. The lowest BCUT2D eigenvalue weighted by atomic mass is 9.91. The molecule has 0 unspecified atom stereocenters. The first-order valence-corrected chi connectivity index (χ1v) is 12.3. The third-order valence-electron chi connectivity index (χ3n) is 6.17. The van der Waals surface area contributed by atoms with E-state index in [0.29, 0.717) is 34.5 Å². The van der Waals surface area contributed by atoms with Gasteiger partial charge in [0, 0.05) is 11.6 Å². The molecule has 174 valence electrons. The Morgan fingerprint density at radius 3 is 2.69 bits per heavy atom. The van der Waals surface area contributed by atoms with Crippen LogP contribution in [0.5, 0.6) is 11.5 Å². The van der Waals surface area contributed by atoms with Crippen molar-refractivity contribution in [3.05, 3.63) is 33.2 Å². The van der Waals surface area contributed by atoms with Crippen molar-refractivity contribution in [1.82, 2.24) is 5.32 Å². The number of carbonyl (C=O) groups is 1. The maximum Gasteiger partial charge on any atom is 0.340 e. The number of aryl methyl sites for hydroxylation is 2. The van der Waals surface area contributed by atoms with Crippen molar-refractivity contribution in [2.75, 3.05) is 18.6 Å². The number of benzene rings is 1. The number of rotatable bonds is 4. The molecule has 2 aliphatic heterocycles. The van der Waals surface area contributed by atoms with Crippen molar-refractivity contribution in [3.8, 4) is 11.5 Å². The molecule has 1 aromatic heterocycles. The highest BCUT2D eigenvalue weighted by molar-refractivity contribution is 7.91. The molecule has 32 heavy (non-hydrogen) atoms. The fraction of sp³-hybridized carbons (Fsp3) is 0.545. The van der Waals surface area contributed by atoms with Crippen LogP contribution in [-0.4, -0.2) is 55.8 Å². The quantitative estimate of drug-likeness (QED) is 0.640. The highest BCUT2D eigenvalue weighted by Gasteiger charge is 2.37. The Kier molecular flexibility index (Phi) is 5.49. The van der Waals surface area contributed by atoms with Crippen molar-refractivity contribution in [2.45, 2.75) is 57.8 Å². The predicted octanol–water partition coefficient (Wildman–Crippen LogP) is 1.03. The standard InChI is InChI=1S/C22H27NO8S/c1-11-13(7-18(25)23-14-9-32(27,28)10-15(14)24)21(26)30-20-12-5-6-22(2,3)31-16(12)8-17(29-4)19(11)20/h8,14-15,24H,5-7,9-10H2,1-4H3,(H,23,25)/t14-,15-/m0/s1. The lowest BCUT2D eigenvalue weighted by molar-refractivity contribution is -0.121. The van der Waals surface area contributed by atoms with Gasteiger partial charge < -0.3 is 24.3 Å². The summed E-state index contributed by atoms with van der Waals surface area (Å²) in [5.74, 6) is -0.215. The summed E-state index contributed by atoms with van der Waals surface area (Å²) in [7, 11) is -1.90. The molecule has 0 saturated carbocycles. The van der Waals surface area contributed by atoms with E-state index in [-0.39, 0.29) is 23.3 Å². The van der Waals surface area contributed by atoms with Gasteiger partial charge in [0.15, 0.2) is 9.84 Å². The van der Waals surface area contributed by atoms with Gasteiger partial charge in [0.1, 0.15) is 22.7 Å². The van der Waals surface area contributed by atoms with Gasteiger partial charge in [-0.3, -0.25) is 4.79 Å². The average molecular weight is 466 g/mol. The van der Waals surface area contributed by atoms with Crippen molar-refractivity contribution >= 4 is 26.7 Å². The van der Waals surface area contributed by atoms with Crippen LogP contribution in [0, 0.1) is 6.92 Å². The van der Waals surface area contributed by atoms with Crippen LogP contribution < -0.4 is 20.4 Å². The second-order valence-corrected chi connectivity index (χ2v) is 11.3. The first-order valence-electron chi connectivity index (χ1n) is 10.4. The van der Waals surface area contributed by atoms with E-state index in [1.165, 1.54) is 7.11 Å². The van der Waals surface area contributed by atoms with Crippen molar-refractivity contribution in [1.29, 1.82) is 0 Å². The number of amides is 1. The van der Waals surface area contributed by atoms with Gasteiger partial charge in [-0.2, -0.15) is 0 Å². The number of carbonyl (C=O) groups excluding carboxylic acids is 1. The number of nitrogens with one attached hydrogen (secondary N) is 1. The molecule has 0 aliphatic carbocycles. The number of methoxy groups -OCH3 is 1. The maximum absolute atomic E-state index is 12.8. The summed E-state index contributed by atoms with van der Waals surface area (Å²) < 4.78 is 40.6. The summed E-state index contributed by atoms with van der Waals surface area (Å²) >= 11 is 0. The molecule has 9 nitrogen and oxygen atoms in total. The van der Waals surface area contributed by atoms with E-state index in [0.717, 1.165) is 12.0 Å². The molecule has 2 aromatic rings. The van der Waals surface area contributed by atoms with E-state index < -0.39 is 39.3 Å². The van der Waals surface area contributed by atoms with Crippen molar-refractivity contribution in [2.24, 2.45) is 0 Å². The molecule has 3 heterocycles. The Hall–Kier alpha value is -2.59. The van der Waals surface area contributed by atoms with Crippen LogP contribution >= 0.6 is 0 Å². The monoisotopic (exact) mass is 465 g/mol. The molecule has 1 amide bonds. The van der Waals surface area contributed by atoms with E-state index in [1.54, 1.807) is 13.0 Å². The summed E-state index contributed by atoms with van der Waals surface area (Å²) in [4.78, 5) is 25.4. The largest absolute Gasteiger partial charge is 0.496 e. The molecule has 2 atom stereocenters. The zero-order chi connectivity index (χ0) is 23.4. The predicted molar refractivity (Wildman–Crippen MR) is 117 cm³/mol. The Morgan fingerprint density at radius 2 is 2.06 bits per heavy atom. The third-order valence-corrected chi connectivity index (χ3v) is 7.88. The van der Waals surface area contributed by atoms with Gasteiger partial charge in [-0.1, -0.05) is 0 Å². The Morgan fingerprint density at radius 1 is 1.34 bits per heavy atom. The zero-order valence-electron chi connectivity index (χ0n) is 18.5. The summed E-state index contributed by atoms with van der Waals surface area (Å²) in [5, 5.41) is 13.0. The van der Waals surface area contributed by atoms with Gasteiger partial charge >= 0.3 is 5.63 Å². The number of ether oxygens (including phenoxy) is 2. The summed E-state index contributed by atoms with van der Waals surface area (Å²) in [6, 6.07) is 0.872. The van der Waals surface area contributed by atoms with E-state index >= 15 is 0 Å². The molecule has 4 rings (SSSR count). The summed E-state index contributed by atoms with van der Waals surface area (Å²) in [6.45, 7) is 5.70. The normalized spacial score (nSPS) is 23.4. The average Bonchev–Trinajstić information content (AvgIpc) is 2.94. The molecular weight excluding hydrogens is 438 g/mol. The third kappa shape index (κ3) is 4.09. The number of aliphatic hydroxyl groups is 1. The highest BCUT2D eigenvalue weighted by atomic mass is 32.2. The SMILES string of the molecule is COc1cc2c(c3oc(=O)c(CC(=O)N[C@H]4CS(=O)(=O)C[C@@H]4O)c(C)c13)CCC(C)(C)O2. The number of hydrogen-bond acceptors (Lipinski definition) is 8. The molecular formula is C22H27NO8S. The fourth-order valence-electron chi connectivity index (χ4n) is 4.43. The lowest BCUT2D eigenvalue weighted by Gasteiger charge is -2.33. The second kappa shape index (κ2) is 7.77. The van der Waals surface area contributed by atoms with Gasteiger partial charge in [0.05, 0.1) is 48.1 Å². The van der Waals surface area contributed by atoms with E-state index in [1.807, 2.05) is 13.8 Å². The van der Waals surface area contributed by atoms with Crippen LogP contribution in [0.1, 0.15) is 37.0 Å². The summed E-state index contributed by atoms with van der Waals surface area (Å²) in [6.07, 6.45) is -0.0640. The van der Waals surface area contributed by atoms with E-state index in [2.05, 4.69) is 5.32 Å². The molecule has 0 radical (unpaired) electrons. The van der Waals surface area contributed by atoms with Crippen LogP contribution in [0.15, 0.2) is 15.3 Å². The molecule has 1 aromatic carbocycles. The molecule has 10 heteroatoms. The van der Waals surface area contributed by atoms with E-state index in [4.69, 9.17) is 13.9 Å². The number of sulfone groups is 1. The van der Waals surface area contributed by atoms with Crippen molar-refractivity contribution < 1.29 is 32.2 Å². The van der Waals surface area contributed by atoms with Gasteiger partial charge in [0.25, 0.3) is 0 Å². The van der Waals surface area contributed by atoms with Gasteiger partial charge in [-0.25, -0.2) is 13.2 Å². The molecule has 1 saturated heterocycles. The second-order valence-electron chi connectivity index (χ2n) is 9.11. The minimum Gasteiger partial charge on any atom is -0.496 e. The minimum atomic E-state index is -3.41. The smallest absolute Gasteiger partial charge is 0.340 e. The van der Waals surface area contributed by atoms with Gasteiger partial charge in [-0.15, -0.1) is 0 Å². The highest BCUT2D eigenvalue weighted by Crippen LogP contribution is 2.43. The molecule has 2 N–H and O–H groups in total. The number of aliphatic hydroxyl groups excluding tert-OH is 1. The molecule has 0 bridgehead atoms. The summed E-state index contributed by atoms with van der Waals surface area (Å²) in [5.41, 5.74) is 0.882. The number of hydrogen-bond donors (Lipinski definition) is 2. The van der Waals surface area contributed by atoms with Crippen LogP contribution in [0.25, 0.3) is 11.0 Å². The molecule has 1 fully saturated rings. The topological polar surface area (TPSA) is 132 Å². The first-order chi connectivity index (χ1) is 14.9. The van der Waals surface area contributed by atoms with Crippen LogP contribution in [0.4, 0.5) is 0 Å². The Bertz CT molecular complexity index is 1260. The minimum absolute atomic E-state index is 0.153. The zero-order valence-corrected chi connectivity index (χ0v) is 19.3. The maximum atomic E-state index is 12.8. The van der Waals surface area contributed by atoms with Crippen LogP contribution in [0.3, 0.4) is 0 Å². The Balaban J connectivity index is 1.71. The van der Waals surface area contributed by atoms with Crippen LogP contribution in [0.2, 0.25) is 0 Å². The Labute approximate surface area is 185 Å². The van der Waals surface area contributed by atoms with Gasteiger partial charge in [0.2, 0.25) is 5.91 Å². The molecule has 2 aliphatic rings. The molecule has 0 spiro atoms. The van der Waals surface area contributed by atoms with Crippen LogP contribution in [-0.2, 0) is 27.5 Å². The van der Waals surface area contributed by atoms with Gasteiger partial charge in [-0.05, 0) is 39.2 Å². The van der Waals surface area contributed by atoms with Crippen molar-refractivity contribution in [3.63, 3.8) is 0 Å². The first kappa shape index (κ1) is 22.6. The number of fused-ring (bicyclic) bond motifs is 3. The lowest BCUT2D eigenvalue weighted by Crippen LogP contribution is -2.43. The van der Waals surface area contributed by atoms with E-state index in [9.17, 15) is 23.1 Å².